The molecule has 2 atom stereocenters. The Morgan fingerprint density at radius 3 is 2.75 bits per heavy atom. The molecule has 0 aromatic heterocycles. The van der Waals surface area contributed by atoms with E-state index in [2.05, 4.69) is 16.9 Å². The van der Waals surface area contributed by atoms with Crippen molar-refractivity contribution >= 4 is 6.34 Å². The third-order valence-corrected chi connectivity index (χ3v) is 2.17. The predicted molar refractivity (Wildman–Crippen MR) is 33.1 cm³/mol. The summed E-state index contributed by atoms with van der Waals surface area (Å²) < 4.78 is 0. The SMILES string of the molecule is CN1C=NC2CC[C@@H]21. The van der Waals surface area contributed by atoms with E-state index in [4.69, 9.17) is 0 Å². The molecule has 1 aliphatic carbocycles. The Bertz CT molecular complexity index is 122. The normalized spacial score (nSPS) is 41.9. The van der Waals surface area contributed by atoms with Crippen LogP contribution >= 0.6 is 0 Å². The van der Waals surface area contributed by atoms with Gasteiger partial charge in [0.2, 0.25) is 0 Å². The van der Waals surface area contributed by atoms with Gasteiger partial charge in [-0.3, -0.25) is 4.99 Å². The second-order valence-electron chi connectivity index (χ2n) is 2.64. The standard InChI is InChI=1S/C6H10N2/c1-8-4-7-5-2-3-6(5)8/h4-6H,2-3H2,1H3/t5?,6-/m0/s1. The number of hydrogen-bond acceptors (Lipinski definition) is 2. The van der Waals surface area contributed by atoms with Gasteiger partial charge in [-0.15, -0.1) is 0 Å². The van der Waals surface area contributed by atoms with Crippen LogP contribution in [0.4, 0.5) is 0 Å². The lowest BCUT2D eigenvalue weighted by molar-refractivity contribution is 0.237. The van der Waals surface area contributed by atoms with Gasteiger partial charge < -0.3 is 4.90 Å². The van der Waals surface area contributed by atoms with Crippen molar-refractivity contribution in [3.63, 3.8) is 0 Å². The van der Waals surface area contributed by atoms with Crippen LogP contribution in [-0.2, 0) is 0 Å². The summed E-state index contributed by atoms with van der Waals surface area (Å²) in [6, 6.07) is 1.44. The van der Waals surface area contributed by atoms with Crippen LogP contribution in [0, 0.1) is 0 Å². The molecule has 0 amide bonds. The van der Waals surface area contributed by atoms with Crippen LogP contribution in [0.2, 0.25) is 0 Å². The molecule has 0 N–H and O–H groups in total. The molecule has 2 heteroatoms. The van der Waals surface area contributed by atoms with Crippen molar-refractivity contribution in [1.82, 2.24) is 4.90 Å². The molecular formula is C6H10N2. The van der Waals surface area contributed by atoms with Crippen molar-refractivity contribution in [2.45, 2.75) is 24.9 Å². The van der Waals surface area contributed by atoms with Gasteiger partial charge in [0.05, 0.1) is 18.4 Å². The third-order valence-electron chi connectivity index (χ3n) is 2.17. The fraction of sp³-hybridized carbons (Fsp3) is 0.833. The monoisotopic (exact) mass is 110 g/mol. The molecule has 2 nitrogen and oxygen atoms in total. The minimum absolute atomic E-state index is 0.667. The van der Waals surface area contributed by atoms with Crippen molar-refractivity contribution in [3.05, 3.63) is 0 Å². The van der Waals surface area contributed by atoms with Crippen LogP contribution in [0.3, 0.4) is 0 Å². The van der Waals surface area contributed by atoms with Gasteiger partial charge in [0, 0.05) is 7.05 Å². The van der Waals surface area contributed by atoms with Crippen molar-refractivity contribution < 1.29 is 0 Å². The molecule has 2 aliphatic rings. The van der Waals surface area contributed by atoms with Crippen LogP contribution in [0.25, 0.3) is 0 Å². The lowest BCUT2D eigenvalue weighted by Gasteiger charge is -2.32. The van der Waals surface area contributed by atoms with Gasteiger partial charge in [-0.1, -0.05) is 0 Å². The predicted octanol–water partition coefficient (Wildman–Crippen LogP) is 0.491. The van der Waals surface area contributed by atoms with E-state index in [1.165, 1.54) is 12.8 Å². The van der Waals surface area contributed by atoms with Crippen LogP contribution in [-0.4, -0.2) is 30.4 Å². The summed E-state index contributed by atoms with van der Waals surface area (Å²) in [7, 11) is 2.10. The minimum Gasteiger partial charge on any atom is -0.361 e. The molecule has 0 radical (unpaired) electrons. The van der Waals surface area contributed by atoms with Crippen molar-refractivity contribution in [3.8, 4) is 0 Å². The fourth-order valence-corrected chi connectivity index (χ4v) is 1.39. The fourth-order valence-electron chi connectivity index (χ4n) is 1.39. The van der Waals surface area contributed by atoms with Crippen LogP contribution in [0.1, 0.15) is 12.8 Å². The maximum atomic E-state index is 4.29. The Kier molecular flexibility index (Phi) is 0.678. The maximum absolute atomic E-state index is 4.29. The smallest absolute Gasteiger partial charge is 0.0854 e. The van der Waals surface area contributed by atoms with E-state index >= 15 is 0 Å². The molecule has 1 fully saturated rings. The molecule has 2 rings (SSSR count). The Morgan fingerprint density at radius 2 is 2.50 bits per heavy atom. The summed E-state index contributed by atoms with van der Waals surface area (Å²) in [6.07, 6.45) is 4.62. The molecule has 1 aliphatic heterocycles. The molecule has 1 saturated carbocycles. The molecule has 0 aromatic rings. The van der Waals surface area contributed by atoms with E-state index in [1.54, 1.807) is 0 Å². The number of fused-ring (bicyclic) bond motifs is 1. The van der Waals surface area contributed by atoms with Gasteiger partial charge in [-0.2, -0.15) is 0 Å². The average molecular weight is 110 g/mol. The summed E-state index contributed by atoms with van der Waals surface area (Å²) in [5, 5.41) is 0. The second kappa shape index (κ2) is 1.24. The summed E-state index contributed by atoms with van der Waals surface area (Å²) in [4.78, 5) is 6.50. The minimum atomic E-state index is 0.667. The van der Waals surface area contributed by atoms with Gasteiger partial charge in [-0.25, -0.2) is 0 Å². The van der Waals surface area contributed by atoms with E-state index in [0.29, 0.717) is 6.04 Å². The van der Waals surface area contributed by atoms with Gasteiger partial charge >= 0.3 is 0 Å². The number of aliphatic imine (C=N–C) groups is 1. The first-order valence-corrected chi connectivity index (χ1v) is 3.13. The van der Waals surface area contributed by atoms with E-state index in [-0.39, 0.29) is 0 Å². The Morgan fingerprint density at radius 1 is 1.62 bits per heavy atom. The van der Waals surface area contributed by atoms with E-state index in [1.807, 2.05) is 6.34 Å². The highest BCUT2D eigenvalue weighted by Crippen LogP contribution is 2.30. The Hall–Kier alpha value is -0.530. The van der Waals surface area contributed by atoms with E-state index < -0.39 is 0 Å². The summed E-state index contributed by atoms with van der Waals surface area (Å²) in [6.45, 7) is 0. The average Bonchev–Trinajstić information content (AvgIpc) is 1.80. The van der Waals surface area contributed by atoms with Crippen molar-refractivity contribution in [1.29, 1.82) is 0 Å². The highest BCUT2D eigenvalue weighted by atomic mass is 15.2. The van der Waals surface area contributed by atoms with Crippen molar-refractivity contribution in [2.75, 3.05) is 7.05 Å². The zero-order valence-corrected chi connectivity index (χ0v) is 5.04. The lowest BCUT2D eigenvalue weighted by Crippen LogP contribution is -2.41. The first-order chi connectivity index (χ1) is 3.88. The van der Waals surface area contributed by atoms with Crippen LogP contribution < -0.4 is 0 Å². The first-order valence-electron chi connectivity index (χ1n) is 3.13. The largest absolute Gasteiger partial charge is 0.361 e. The summed E-state index contributed by atoms with van der Waals surface area (Å²) in [5.41, 5.74) is 0. The molecular weight excluding hydrogens is 100 g/mol. The van der Waals surface area contributed by atoms with Gasteiger partial charge in [0.15, 0.2) is 0 Å². The Balaban J connectivity index is 2.14. The maximum Gasteiger partial charge on any atom is 0.0854 e. The highest BCUT2D eigenvalue weighted by Gasteiger charge is 2.35. The number of hydrogen-bond donors (Lipinski definition) is 0. The number of rotatable bonds is 0. The molecule has 44 valence electrons. The van der Waals surface area contributed by atoms with Gasteiger partial charge in [-0.05, 0) is 12.8 Å². The molecule has 0 spiro atoms. The zero-order valence-electron chi connectivity index (χ0n) is 5.04. The topological polar surface area (TPSA) is 15.6 Å². The quantitative estimate of drug-likeness (QED) is 0.443. The number of likely N-dealkylation sites (N-methyl/N-ethyl adjacent to an activating group) is 1. The van der Waals surface area contributed by atoms with Crippen molar-refractivity contribution in [2.24, 2.45) is 4.99 Å². The molecule has 1 unspecified atom stereocenters. The molecule has 0 saturated heterocycles. The summed E-state index contributed by atoms with van der Waals surface area (Å²) in [5.74, 6) is 0. The third kappa shape index (κ3) is 0.358. The van der Waals surface area contributed by atoms with Crippen LogP contribution in [0.5, 0.6) is 0 Å². The van der Waals surface area contributed by atoms with E-state index in [0.717, 1.165) is 6.04 Å². The molecule has 0 aromatic carbocycles. The van der Waals surface area contributed by atoms with Gasteiger partial charge in [0.1, 0.15) is 0 Å². The lowest BCUT2D eigenvalue weighted by atomic mass is 9.87. The van der Waals surface area contributed by atoms with Crippen LogP contribution in [0.15, 0.2) is 4.99 Å². The molecule has 1 heterocycles. The molecule has 8 heavy (non-hydrogen) atoms. The van der Waals surface area contributed by atoms with E-state index in [9.17, 15) is 0 Å². The highest BCUT2D eigenvalue weighted by molar-refractivity contribution is 5.59. The Labute approximate surface area is 49.2 Å². The summed E-state index contributed by atoms with van der Waals surface area (Å²) >= 11 is 0. The van der Waals surface area contributed by atoms with Gasteiger partial charge in [0.25, 0.3) is 0 Å². The number of nitrogens with zero attached hydrogens (tertiary/aromatic N) is 2. The molecule has 0 bridgehead atoms. The second-order valence-corrected chi connectivity index (χ2v) is 2.64. The zero-order chi connectivity index (χ0) is 5.56. The first kappa shape index (κ1) is 4.36.